The summed E-state index contributed by atoms with van der Waals surface area (Å²) in [4.78, 5) is -0.285. The first kappa shape index (κ1) is 17.5. The molecule has 1 aliphatic carbocycles. The Kier molecular flexibility index (Phi) is 3.88. The van der Waals surface area contributed by atoms with E-state index in [0.717, 1.165) is 41.4 Å². The van der Waals surface area contributed by atoms with Crippen LogP contribution in [-0.4, -0.2) is 29.6 Å². The average Bonchev–Trinajstić information content (AvgIpc) is 3.21. The van der Waals surface area contributed by atoms with Gasteiger partial charge in [-0.2, -0.15) is 22.6 Å². The summed E-state index contributed by atoms with van der Waals surface area (Å²) in [5, 5.41) is 6.56. The van der Waals surface area contributed by atoms with Crippen molar-refractivity contribution >= 4 is 10.0 Å². The molecule has 10 heteroatoms. The van der Waals surface area contributed by atoms with E-state index in [-0.39, 0.29) is 10.8 Å². The van der Waals surface area contributed by atoms with Crippen LogP contribution in [0.1, 0.15) is 41.7 Å². The molecule has 1 saturated carbocycles. The quantitative estimate of drug-likeness (QED) is 0.813. The Morgan fingerprint density at radius 1 is 1.19 bits per heavy atom. The fraction of sp³-hybridized carbons (Fsp3) is 0.438. The van der Waals surface area contributed by atoms with Crippen LogP contribution in [-0.2, 0) is 16.2 Å². The normalized spacial score (nSPS) is 24.0. The van der Waals surface area contributed by atoms with Crippen molar-refractivity contribution in [2.45, 2.75) is 36.0 Å². The van der Waals surface area contributed by atoms with Crippen LogP contribution in [0.15, 0.2) is 35.4 Å². The standard InChI is InChI=1S/C16H15F4N3O2S/c17-7-13-14-12(8-21-22-14)15(9-1-2-9)23(13)26(24,25)11-5-3-10(4-6-11)16(18,19)20/h3-6,8-9,13,15H,1-2,7H2,(H,21,22). The third-order valence-electron chi connectivity index (χ3n) is 4.90. The number of hydrogen-bond donors (Lipinski definition) is 1. The van der Waals surface area contributed by atoms with E-state index in [0.29, 0.717) is 11.3 Å². The van der Waals surface area contributed by atoms with Crippen LogP contribution in [0.3, 0.4) is 0 Å². The summed E-state index contributed by atoms with van der Waals surface area (Å²) in [6, 6.07) is 1.69. The molecule has 2 aromatic rings. The van der Waals surface area contributed by atoms with Gasteiger partial charge in [0.05, 0.1) is 34.4 Å². The lowest BCUT2D eigenvalue weighted by molar-refractivity contribution is -0.137. The topological polar surface area (TPSA) is 66.1 Å². The van der Waals surface area contributed by atoms with Crippen molar-refractivity contribution in [3.8, 4) is 0 Å². The van der Waals surface area contributed by atoms with Gasteiger partial charge in [0.1, 0.15) is 6.67 Å². The predicted molar refractivity (Wildman–Crippen MR) is 83.2 cm³/mol. The number of rotatable bonds is 4. The van der Waals surface area contributed by atoms with Crippen molar-refractivity contribution < 1.29 is 26.0 Å². The van der Waals surface area contributed by atoms with E-state index in [1.165, 1.54) is 6.20 Å². The van der Waals surface area contributed by atoms with Crippen molar-refractivity contribution in [2.75, 3.05) is 6.67 Å². The summed E-state index contributed by atoms with van der Waals surface area (Å²) in [6.07, 6.45) is -1.43. The number of H-pyrrole nitrogens is 1. The van der Waals surface area contributed by atoms with Gasteiger partial charge in [-0.15, -0.1) is 0 Å². The van der Waals surface area contributed by atoms with Gasteiger partial charge in [0.25, 0.3) is 0 Å². The third kappa shape index (κ3) is 2.62. The van der Waals surface area contributed by atoms with Gasteiger partial charge in [0.15, 0.2) is 0 Å². The van der Waals surface area contributed by atoms with Crippen molar-refractivity contribution in [3.05, 3.63) is 47.3 Å². The first-order valence-electron chi connectivity index (χ1n) is 8.05. The minimum Gasteiger partial charge on any atom is -0.280 e. The summed E-state index contributed by atoms with van der Waals surface area (Å²) in [6.45, 7) is -0.946. The monoisotopic (exact) mass is 389 g/mol. The fourth-order valence-corrected chi connectivity index (χ4v) is 5.34. The number of sulfonamides is 1. The highest BCUT2D eigenvalue weighted by molar-refractivity contribution is 7.89. The van der Waals surface area contributed by atoms with E-state index in [4.69, 9.17) is 0 Å². The van der Waals surface area contributed by atoms with Gasteiger partial charge >= 0.3 is 6.18 Å². The first-order valence-corrected chi connectivity index (χ1v) is 9.49. The summed E-state index contributed by atoms with van der Waals surface area (Å²) in [7, 11) is -4.18. The number of halogens is 4. The Labute approximate surface area is 147 Å². The lowest BCUT2D eigenvalue weighted by atomic mass is 10.1. The Bertz CT molecular complexity index is 920. The second kappa shape index (κ2) is 5.78. The molecule has 1 aromatic heterocycles. The van der Waals surface area contributed by atoms with Crippen LogP contribution in [0, 0.1) is 5.92 Å². The third-order valence-corrected chi connectivity index (χ3v) is 6.81. The molecule has 1 aliphatic heterocycles. The van der Waals surface area contributed by atoms with Gasteiger partial charge in [0, 0.05) is 5.56 Å². The van der Waals surface area contributed by atoms with Crippen molar-refractivity contribution in [1.82, 2.24) is 14.5 Å². The number of hydrogen-bond acceptors (Lipinski definition) is 3. The van der Waals surface area contributed by atoms with Crippen LogP contribution >= 0.6 is 0 Å². The molecule has 0 saturated heterocycles. The minimum atomic E-state index is -4.56. The van der Waals surface area contributed by atoms with Crippen LogP contribution in [0.25, 0.3) is 0 Å². The lowest BCUT2D eigenvalue weighted by Crippen LogP contribution is -2.35. The average molecular weight is 389 g/mol. The van der Waals surface area contributed by atoms with Crippen LogP contribution in [0.5, 0.6) is 0 Å². The molecule has 1 N–H and O–H groups in total. The molecule has 5 nitrogen and oxygen atoms in total. The zero-order valence-corrected chi connectivity index (χ0v) is 14.2. The van der Waals surface area contributed by atoms with Crippen molar-refractivity contribution in [3.63, 3.8) is 0 Å². The highest BCUT2D eigenvalue weighted by Crippen LogP contribution is 2.54. The molecule has 1 fully saturated rings. The predicted octanol–water partition coefficient (Wildman–Crippen LogP) is 3.59. The largest absolute Gasteiger partial charge is 0.416 e. The molecular weight excluding hydrogens is 374 g/mol. The zero-order valence-electron chi connectivity index (χ0n) is 13.4. The molecular formula is C16H15F4N3O2S. The van der Waals surface area contributed by atoms with Gasteiger partial charge in [-0.3, -0.25) is 5.10 Å². The maximum absolute atomic E-state index is 13.7. The number of benzene rings is 1. The van der Waals surface area contributed by atoms with Gasteiger partial charge in [-0.1, -0.05) is 0 Å². The van der Waals surface area contributed by atoms with E-state index in [9.17, 15) is 26.0 Å². The van der Waals surface area contributed by atoms with Gasteiger partial charge in [-0.05, 0) is 43.0 Å². The molecule has 0 radical (unpaired) electrons. The molecule has 2 aliphatic rings. The van der Waals surface area contributed by atoms with Crippen LogP contribution in [0.4, 0.5) is 17.6 Å². The first-order chi connectivity index (χ1) is 12.2. The Hall–Kier alpha value is -1.94. The number of nitrogens with zero attached hydrogens (tertiary/aromatic N) is 2. The summed E-state index contributed by atoms with van der Waals surface area (Å²) in [5.74, 6) is 0.0622. The molecule has 2 atom stereocenters. The van der Waals surface area contributed by atoms with Crippen molar-refractivity contribution in [1.29, 1.82) is 0 Å². The van der Waals surface area contributed by atoms with Crippen LogP contribution in [0.2, 0.25) is 0 Å². The van der Waals surface area contributed by atoms with E-state index in [1.54, 1.807) is 0 Å². The van der Waals surface area contributed by atoms with E-state index >= 15 is 0 Å². The molecule has 0 bridgehead atoms. The Morgan fingerprint density at radius 2 is 1.85 bits per heavy atom. The Balaban J connectivity index is 1.76. The highest BCUT2D eigenvalue weighted by atomic mass is 32.2. The lowest BCUT2D eigenvalue weighted by Gasteiger charge is -2.28. The highest BCUT2D eigenvalue weighted by Gasteiger charge is 2.52. The summed E-state index contributed by atoms with van der Waals surface area (Å²) >= 11 is 0. The molecule has 0 spiro atoms. The van der Waals surface area contributed by atoms with Crippen molar-refractivity contribution in [2.24, 2.45) is 5.92 Å². The molecule has 0 amide bonds. The number of aromatic amines is 1. The molecule has 2 unspecified atom stereocenters. The van der Waals surface area contributed by atoms with Gasteiger partial charge in [-0.25, -0.2) is 12.8 Å². The fourth-order valence-electron chi connectivity index (χ4n) is 3.54. The van der Waals surface area contributed by atoms with Gasteiger partial charge < -0.3 is 0 Å². The smallest absolute Gasteiger partial charge is 0.280 e. The number of fused-ring (bicyclic) bond motifs is 1. The molecule has 1 aromatic carbocycles. The number of nitrogens with one attached hydrogen (secondary N) is 1. The zero-order chi connectivity index (χ0) is 18.7. The maximum atomic E-state index is 13.7. The molecule has 4 rings (SSSR count). The van der Waals surface area contributed by atoms with E-state index in [1.807, 2.05) is 0 Å². The molecule has 26 heavy (non-hydrogen) atoms. The van der Waals surface area contributed by atoms with E-state index in [2.05, 4.69) is 10.2 Å². The van der Waals surface area contributed by atoms with Gasteiger partial charge in [0.2, 0.25) is 10.0 Å². The number of alkyl halides is 4. The molecule has 140 valence electrons. The number of aromatic nitrogens is 2. The van der Waals surface area contributed by atoms with Crippen LogP contribution < -0.4 is 0 Å². The minimum absolute atomic E-state index is 0.0622. The second-order valence-electron chi connectivity index (χ2n) is 6.55. The Morgan fingerprint density at radius 3 is 2.38 bits per heavy atom. The summed E-state index contributed by atoms with van der Waals surface area (Å²) < 4.78 is 79.2. The SMILES string of the molecule is O=S(=O)(c1ccc(C(F)(F)F)cc1)N1C(CF)c2[nH]ncc2C1C1CC1. The molecule has 2 heterocycles. The maximum Gasteiger partial charge on any atom is 0.416 e. The van der Waals surface area contributed by atoms with E-state index < -0.39 is 40.5 Å². The summed E-state index contributed by atoms with van der Waals surface area (Å²) in [5.41, 5.74) is 0.124. The second-order valence-corrected chi connectivity index (χ2v) is 8.39.